The lowest BCUT2D eigenvalue weighted by molar-refractivity contribution is 0.231. The molecule has 0 bridgehead atoms. The van der Waals surface area contributed by atoms with Gasteiger partial charge in [-0.2, -0.15) is 0 Å². The van der Waals surface area contributed by atoms with Crippen molar-refractivity contribution >= 4 is 0 Å². The van der Waals surface area contributed by atoms with Crippen LogP contribution in [-0.2, 0) is 0 Å². The lowest BCUT2D eigenvalue weighted by Crippen LogP contribution is -2.21. The predicted octanol–water partition coefficient (Wildman–Crippen LogP) is 2.69. The van der Waals surface area contributed by atoms with Crippen LogP contribution in [0.5, 0.6) is 5.75 Å². The van der Waals surface area contributed by atoms with E-state index in [0.717, 1.165) is 18.6 Å². The van der Waals surface area contributed by atoms with Gasteiger partial charge in [0.05, 0.1) is 7.11 Å². The Labute approximate surface area is 110 Å². The molecular formula is C15H25NO2. The van der Waals surface area contributed by atoms with E-state index in [1.54, 1.807) is 7.11 Å². The summed E-state index contributed by atoms with van der Waals surface area (Å²) in [6.45, 7) is 4.42. The van der Waals surface area contributed by atoms with Crippen molar-refractivity contribution in [1.29, 1.82) is 0 Å². The van der Waals surface area contributed by atoms with Gasteiger partial charge in [-0.25, -0.2) is 0 Å². The quantitative estimate of drug-likeness (QED) is 0.843. The summed E-state index contributed by atoms with van der Waals surface area (Å²) in [5.41, 5.74) is 3.64. The summed E-state index contributed by atoms with van der Waals surface area (Å²) < 4.78 is 5.55. The predicted molar refractivity (Wildman–Crippen MR) is 75.2 cm³/mol. The monoisotopic (exact) mass is 251 g/mol. The lowest BCUT2D eigenvalue weighted by atomic mass is 9.96. The minimum atomic E-state index is 0.234. The second-order valence-corrected chi connectivity index (χ2v) is 5.05. The van der Waals surface area contributed by atoms with Gasteiger partial charge in [0.15, 0.2) is 0 Å². The largest absolute Gasteiger partial charge is 0.496 e. The van der Waals surface area contributed by atoms with Gasteiger partial charge in [-0.1, -0.05) is 17.7 Å². The zero-order valence-corrected chi connectivity index (χ0v) is 12.2. The van der Waals surface area contributed by atoms with Crippen molar-refractivity contribution in [2.24, 2.45) is 0 Å². The molecule has 0 aliphatic carbocycles. The molecule has 18 heavy (non-hydrogen) atoms. The Morgan fingerprint density at radius 3 is 2.44 bits per heavy atom. The van der Waals surface area contributed by atoms with Crippen LogP contribution in [0.2, 0.25) is 0 Å². The molecule has 1 atom stereocenters. The number of ether oxygens (including phenoxy) is 1. The van der Waals surface area contributed by atoms with Gasteiger partial charge in [0.2, 0.25) is 0 Å². The highest BCUT2D eigenvalue weighted by Crippen LogP contribution is 2.34. The maximum absolute atomic E-state index is 9.03. The van der Waals surface area contributed by atoms with E-state index in [1.807, 2.05) is 0 Å². The van der Waals surface area contributed by atoms with Gasteiger partial charge in [-0.3, -0.25) is 0 Å². The van der Waals surface area contributed by atoms with E-state index in [1.165, 1.54) is 16.7 Å². The Morgan fingerprint density at radius 2 is 1.94 bits per heavy atom. The van der Waals surface area contributed by atoms with E-state index >= 15 is 0 Å². The standard InChI is InChI=1S/C15H25NO2/c1-11-9-12(2)15(18-5)13(10-11)14(16(3)4)7-6-8-17/h9-10,14,17H,6-8H2,1-5H3. The van der Waals surface area contributed by atoms with Crippen LogP contribution in [-0.4, -0.2) is 37.8 Å². The molecule has 1 unspecified atom stereocenters. The number of aryl methyl sites for hydroxylation is 2. The number of aliphatic hydroxyl groups excluding tert-OH is 1. The molecule has 0 fully saturated rings. The van der Waals surface area contributed by atoms with Gasteiger partial charge < -0.3 is 14.7 Å². The molecule has 0 spiro atoms. The van der Waals surface area contributed by atoms with E-state index in [-0.39, 0.29) is 12.6 Å². The maximum atomic E-state index is 9.03. The first-order chi connectivity index (χ1) is 8.51. The molecule has 3 nitrogen and oxygen atoms in total. The van der Waals surface area contributed by atoms with Crippen molar-refractivity contribution in [3.05, 3.63) is 28.8 Å². The number of hydrogen-bond donors (Lipinski definition) is 1. The number of hydrogen-bond acceptors (Lipinski definition) is 3. The zero-order valence-electron chi connectivity index (χ0n) is 12.2. The van der Waals surface area contributed by atoms with Crippen LogP contribution in [0.4, 0.5) is 0 Å². The van der Waals surface area contributed by atoms with Crippen LogP contribution in [0.3, 0.4) is 0 Å². The van der Waals surface area contributed by atoms with Crippen molar-refractivity contribution in [1.82, 2.24) is 4.90 Å². The Balaban J connectivity index is 3.17. The highest BCUT2D eigenvalue weighted by Gasteiger charge is 2.19. The first-order valence-electron chi connectivity index (χ1n) is 6.43. The topological polar surface area (TPSA) is 32.7 Å². The molecule has 0 saturated heterocycles. The molecule has 0 aliphatic heterocycles. The van der Waals surface area contributed by atoms with Crippen molar-refractivity contribution in [2.75, 3.05) is 27.8 Å². The Hall–Kier alpha value is -1.06. The molecule has 1 aromatic rings. The second-order valence-electron chi connectivity index (χ2n) is 5.05. The maximum Gasteiger partial charge on any atom is 0.126 e. The third-order valence-corrected chi connectivity index (χ3v) is 3.27. The highest BCUT2D eigenvalue weighted by molar-refractivity contribution is 5.45. The molecular weight excluding hydrogens is 226 g/mol. The van der Waals surface area contributed by atoms with Crippen LogP contribution >= 0.6 is 0 Å². The van der Waals surface area contributed by atoms with Gasteiger partial charge in [0, 0.05) is 18.2 Å². The van der Waals surface area contributed by atoms with Gasteiger partial charge in [-0.15, -0.1) is 0 Å². The molecule has 0 aromatic heterocycles. The average molecular weight is 251 g/mol. The van der Waals surface area contributed by atoms with Crippen molar-refractivity contribution in [3.8, 4) is 5.75 Å². The van der Waals surface area contributed by atoms with Crippen molar-refractivity contribution in [2.45, 2.75) is 32.7 Å². The first kappa shape index (κ1) is 15.0. The molecule has 0 heterocycles. The summed E-state index contributed by atoms with van der Waals surface area (Å²) in [5, 5.41) is 9.03. The third kappa shape index (κ3) is 3.47. The summed E-state index contributed by atoms with van der Waals surface area (Å²) in [4.78, 5) is 2.19. The fourth-order valence-corrected chi connectivity index (χ4v) is 2.49. The van der Waals surface area contributed by atoms with Gasteiger partial charge in [-0.05, 0) is 46.3 Å². The van der Waals surface area contributed by atoms with E-state index < -0.39 is 0 Å². The number of methoxy groups -OCH3 is 1. The zero-order chi connectivity index (χ0) is 13.7. The smallest absolute Gasteiger partial charge is 0.126 e. The van der Waals surface area contributed by atoms with E-state index in [9.17, 15) is 0 Å². The number of rotatable bonds is 6. The second kappa shape index (κ2) is 6.76. The molecule has 0 radical (unpaired) electrons. The molecule has 102 valence electrons. The number of benzene rings is 1. The average Bonchev–Trinajstić information content (AvgIpc) is 2.28. The minimum Gasteiger partial charge on any atom is -0.496 e. The molecule has 0 amide bonds. The van der Waals surface area contributed by atoms with Crippen LogP contribution in [0, 0.1) is 13.8 Å². The molecule has 1 N–H and O–H groups in total. The van der Waals surface area contributed by atoms with E-state index in [0.29, 0.717) is 0 Å². The molecule has 1 aromatic carbocycles. The molecule has 1 rings (SSSR count). The lowest BCUT2D eigenvalue weighted by Gasteiger charge is -2.27. The van der Waals surface area contributed by atoms with Gasteiger partial charge in [0.1, 0.15) is 5.75 Å². The van der Waals surface area contributed by atoms with Crippen LogP contribution in [0.15, 0.2) is 12.1 Å². The molecule has 0 aliphatic rings. The van der Waals surface area contributed by atoms with Gasteiger partial charge >= 0.3 is 0 Å². The number of aliphatic hydroxyl groups is 1. The minimum absolute atomic E-state index is 0.234. The van der Waals surface area contributed by atoms with Crippen LogP contribution in [0.1, 0.15) is 35.6 Å². The Morgan fingerprint density at radius 1 is 1.28 bits per heavy atom. The fourth-order valence-electron chi connectivity index (χ4n) is 2.49. The molecule has 0 saturated carbocycles. The van der Waals surface area contributed by atoms with Crippen molar-refractivity contribution in [3.63, 3.8) is 0 Å². The highest BCUT2D eigenvalue weighted by atomic mass is 16.5. The van der Waals surface area contributed by atoms with Crippen molar-refractivity contribution < 1.29 is 9.84 Å². The first-order valence-corrected chi connectivity index (χ1v) is 6.43. The molecule has 3 heteroatoms. The summed E-state index contributed by atoms with van der Waals surface area (Å²) >= 11 is 0. The SMILES string of the molecule is COc1c(C)cc(C)cc1C(CCCO)N(C)C. The summed E-state index contributed by atoms with van der Waals surface area (Å²) in [7, 11) is 5.86. The Kier molecular flexibility index (Phi) is 5.63. The summed E-state index contributed by atoms with van der Waals surface area (Å²) in [6.07, 6.45) is 1.74. The van der Waals surface area contributed by atoms with Crippen LogP contribution in [0.25, 0.3) is 0 Å². The summed E-state index contributed by atoms with van der Waals surface area (Å²) in [5.74, 6) is 0.970. The fraction of sp³-hybridized carbons (Fsp3) is 0.600. The van der Waals surface area contributed by atoms with Crippen LogP contribution < -0.4 is 4.74 Å². The summed E-state index contributed by atoms with van der Waals surface area (Å²) in [6, 6.07) is 4.61. The number of nitrogens with zero attached hydrogens (tertiary/aromatic N) is 1. The van der Waals surface area contributed by atoms with E-state index in [4.69, 9.17) is 9.84 Å². The Bertz CT molecular complexity index is 388. The normalized spacial score (nSPS) is 12.8. The van der Waals surface area contributed by atoms with Gasteiger partial charge in [0.25, 0.3) is 0 Å². The van der Waals surface area contributed by atoms with E-state index in [2.05, 4.69) is 45.0 Å². The third-order valence-electron chi connectivity index (χ3n) is 3.27.